The van der Waals surface area contributed by atoms with E-state index in [1.165, 1.54) is 154 Å². The van der Waals surface area contributed by atoms with Crippen LogP contribution in [0.3, 0.4) is 0 Å². The number of phosphoric ester groups is 1. The fourth-order valence-electron chi connectivity index (χ4n) is 7.70. The quantitative estimate of drug-likeness (QED) is 0.0206. The number of amides is 1. The summed E-state index contributed by atoms with van der Waals surface area (Å²) in [6.07, 6.45) is 48.8. The molecule has 0 bridgehead atoms. The van der Waals surface area contributed by atoms with Crippen molar-refractivity contribution in [1.82, 2.24) is 5.32 Å². The molecule has 0 saturated heterocycles. The average Bonchev–Trinajstić information content (AvgIpc) is 3.23. The molecule has 3 atom stereocenters. The molecule has 0 spiro atoms. The number of ether oxygens (including phenoxy) is 1. The van der Waals surface area contributed by atoms with Gasteiger partial charge in [-0.25, -0.2) is 4.57 Å². The lowest BCUT2D eigenvalue weighted by molar-refractivity contribution is -0.870. The normalized spacial score (nSPS) is 14.1. The summed E-state index contributed by atoms with van der Waals surface area (Å²) < 4.78 is 30.5. The minimum Gasteiger partial charge on any atom is -0.456 e. The average molecular weight is 912 g/mol. The van der Waals surface area contributed by atoms with E-state index in [-0.39, 0.29) is 25.1 Å². The molecule has 0 radical (unpaired) electrons. The number of hydrogen-bond donors (Lipinski definition) is 2. The Bertz CT molecular complexity index is 1140. The minimum atomic E-state index is -4.43. The van der Waals surface area contributed by atoms with Crippen molar-refractivity contribution < 1.29 is 37.3 Å². The van der Waals surface area contributed by atoms with E-state index in [0.29, 0.717) is 23.9 Å². The Labute approximate surface area is 390 Å². The molecule has 2 N–H and O–H groups in total. The number of likely N-dealkylation sites (N-methyl/N-ethyl adjacent to an activating group) is 1. The summed E-state index contributed by atoms with van der Waals surface area (Å²) >= 11 is 0. The van der Waals surface area contributed by atoms with Gasteiger partial charge in [0, 0.05) is 12.8 Å². The summed E-state index contributed by atoms with van der Waals surface area (Å²) in [6, 6.07) is -0.842. The smallest absolute Gasteiger partial charge is 0.456 e. The summed E-state index contributed by atoms with van der Waals surface area (Å²) in [5, 5.41) is 3.04. The Morgan fingerprint density at radius 3 is 1.37 bits per heavy atom. The predicted molar refractivity (Wildman–Crippen MR) is 268 cm³/mol. The number of nitrogens with zero attached hydrogens (tertiary/aromatic N) is 1. The maximum atomic E-state index is 13.4. The van der Waals surface area contributed by atoms with E-state index < -0.39 is 20.0 Å². The van der Waals surface area contributed by atoms with Crippen LogP contribution in [0, 0.1) is 0 Å². The van der Waals surface area contributed by atoms with Crippen molar-refractivity contribution in [2.75, 3.05) is 40.9 Å². The topological polar surface area (TPSA) is 111 Å². The van der Waals surface area contributed by atoms with Crippen molar-refractivity contribution in [1.29, 1.82) is 0 Å². The zero-order chi connectivity index (χ0) is 46.5. The lowest BCUT2D eigenvalue weighted by Crippen LogP contribution is -2.47. The summed E-state index contributed by atoms with van der Waals surface area (Å²) in [4.78, 5) is 37.4. The monoisotopic (exact) mass is 912 g/mol. The standard InChI is InChI=1S/C53H103N2O7P/c1-7-10-13-16-19-22-25-26-27-28-31-33-36-39-42-45-52(56)54-50(49-61-63(58,59)60-48-47-55(4,5)6)51(44-41-38-35-32-29-23-20-17-14-11-8-2)62-53(57)46-43-40-37-34-30-24-21-18-15-12-9-3/h22,25,41,44,50-51H,7-21,23-24,26-40,42-43,45-49H2,1-6H3,(H-,54,56,58,59)/p+1/b25-22-,44-41+. The van der Waals surface area contributed by atoms with Crippen LogP contribution in [0.5, 0.6) is 0 Å². The van der Waals surface area contributed by atoms with Crippen molar-refractivity contribution in [3.8, 4) is 0 Å². The third kappa shape index (κ3) is 45.4. The number of unbranched alkanes of at least 4 members (excludes halogenated alkanes) is 30. The van der Waals surface area contributed by atoms with Gasteiger partial charge in [-0.1, -0.05) is 206 Å². The molecule has 63 heavy (non-hydrogen) atoms. The number of phosphoric acid groups is 1. The maximum Gasteiger partial charge on any atom is 0.472 e. The van der Waals surface area contributed by atoms with Crippen LogP contribution >= 0.6 is 7.82 Å². The second kappa shape index (κ2) is 44.3. The zero-order valence-corrected chi connectivity index (χ0v) is 43.2. The molecule has 0 aromatic heterocycles. The molecule has 0 aromatic rings. The van der Waals surface area contributed by atoms with Gasteiger partial charge in [0.2, 0.25) is 5.91 Å². The zero-order valence-electron chi connectivity index (χ0n) is 42.3. The Morgan fingerprint density at radius 1 is 0.540 bits per heavy atom. The highest BCUT2D eigenvalue weighted by atomic mass is 31.2. The van der Waals surface area contributed by atoms with Gasteiger partial charge >= 0.3 is 13.8 Å². The van der Waals surface area contributed by atoms with E-state index in [0.717, 1.165) is 64.2 Å². The van der Waals surface area contributed by atoms with Crippen LogP contribution in [0.4, 0.5) is 0 Å². The SMILES string of the molecule is CCCCCC/C=C\CCCCCCCCCC(=O)NC(COP(=O)(O)OCC[N+](C)(C)C)C(/C=C/CCCCCCCCCCC)OC(=O)CCCCCCCCCCCCC. The number of esters is 1. The molecule has 0 rings (SSSR count). The Balaban J connectivity index is 5.37. The van der Waals surface area contributed by atoms with Gasteiger partial charge in [0.1, 0.15) is 19.3 Å². The van der Waals surface area contributed by atoms with Crippen molar-refractivity contribution in [2.24, 2.45) is 0 Å². The highest BCUT2D eigenvalue weighted by molar-refractivity contribution is 7.47. The molecule has 3 unspecified atom stereocenters. The largest absolute Gasteiger partial charge is 0.472 e. The van der Waals surface area contributed by atoms with E-state index in [1.54, 1.807) is 0 Å². The van der Waals surface area contributed by atoms with Crippen molar-refractivity contribution in [3.05, 3.63) is 24.3 Å². The van der Waals surface area contributed by atoms with Crippen LogP contribution in [-0.4, -0.2) is 74.3 Å². The van der Waals surface area contributed by atoms with Crippen LogP contribution in [0.1, 0.15) is 252 Å². The molecule has 0 heterocycles. The number of allylic oxidation sites excluding steroid dienone is 3. The molecule has 0 aliphatic rings. The minimum absolute atomic E-state index is 0.0422. The second-order valence-corrected chi connectivity index (χ2v) is 20.9. The van der Waals surface area contributed by atoms with E-state index >= 15 is 0 Å². The Morgan fingerprint density at radius 2 is 0.921 bits per heavy atom. The van der Waals surface area contributed by atoms with Gasteiger partial charge in [-0.15, -0.1) is 0 Å². The first-order chi connectivity index (χ1) is 30.4. The van der Waals surface area contributed by atoms with Crippen LogP contribution in [0.15, 0.2) is 24.3 Å². The summed E-state index contributed by atoms with van der Waals surface area (Å²) in [5.41, 5.74) is 0. The molecule has 372 valence electrons. The van der Waals surface area contributed by atoms with Crippen LogP contribution in [-0.2, 0) is 27.9 Å². The van der Waals surface area contributed by atoms with Crippen molar-refractivity contribution >= 4 is 19.7 Å². The van der Waals surface area contributed by atoms with Crippen LogP contribution in [0.25, 0.3) is 0 Å². The van der Waals surface area contributed by atoms with Crippen LogP contribution in [0.2, 0.25) is 0 Å². The first-order valence-electron chi connectivity index (χ1n) is 26.7. The molecule has 0 fully saturated rings. The third-order valence-corrected chi connectivity index (χ3v) is 12.9. The van der Waals surface area contributed by atoms with Gasteiger partial charge in [0.25, 0.3) is 0 Å². The number of carbonyl (C=O) groups is 2. The second-order valence-electron chi connectivity index (χ2n) is 19.4. The molecule has 0 saturated carbocycles. The van der Waals surface area contributed by atoms with E-state index in [1.807, 2.05) is 33.3 Å². The number of carbonyl (C=O) groups excluding carboxylic acids is 2. The lowest BCUT2D eigenvalue weighted by atomic mass is 10.0. The molecule has 0 aliphatic carbocycles. The number of hydrogen-bond acceptors (Lipinski definition) is 6. The van der Waals surface area contributed by atoms with Crippen molar-refractivity contribution in [3.63, 3.8) is 0 Å². The Kier molecular flexibility index (Phi) is 43.3. The number of quaternary nitrogens is 1. The first-order valence-corrected chi connectivity index (χ1v) is 28.2. The van der Waals surface area contributed by atoms with E-state index in [2.05, 4.69) is 38.2 Å². The van der Waals surface area contributed by atoms with Crippen LogP contribution < -0.4 is 5.32 Å². The number of nitrogens with one attached hydrogen (secondary N) is 1. The fraction of sp³-hybridized carbons (Fsp3) is 0.887. The summed E-state index contributed by atoms with van der Waals surface area (Å²) in [6.45, 7) is 6.99. The summed E-state index contributed by atoms with van der Waals surface area (Å²) in [7, 11) is 1.50. The van der Waals surface area contributed by atoms with Gasteiger partial charge in [-0.2, -0.15) is 0 Å². The van der Waals surface area contributed by atoms with Crippen molar-refractivity contribution in [2.45, 2.75) is 264 Å². The first kappa shape index (κ1) is 61.5. The van der Waals surface area contributed by atoms with Gasteiger partial charge in [-0.3, -0.25) is 18.6 Å². The highest BCUT2D eigenvalue weighted by Gasteiger charge is 2.30. The maximum absolute atomic E-state index is 13.4. The molecular formula is C53H104N2O7P+. The van der Waals surface area contributed by atoms with Gasteiger partial charge in [0.15, 0.2) is 0 Å². The third-order valence-electron chi connectivity index (χ3n) is 11.9. The Hall–Kier alpha value is -1.51. The van der Waals surface area contributed by atoms with Gasteiger partial charge < -0.3 is 19.4 Å². The van der Waals surface area contributed by atoms with E-state index in [4.69, 9.17) is 13.8 Å². The van der Waals surface area contributed by atoms with Gasteiger partial charge in [0.05, 0.1) is 33.8 Å². The van der Waals surface area contributed by atoms with Gasteiger partial charge in [-0.05, 0) is 57.4 Å². The summed E-state index contributed by atoms with van der Waals surface area (Å²) in [5.74, 6) is -0.504. The number of rotatable bonds is 48. The fourth-order valence-corrected chi connectivity index (χ4v) is 8.43. The molecule has 9 nitrogen and oxygen atoms in total. The van der Waals surface area contributed by atoms with E-state index in [9.17, 15) is 19.0 Å². The lowest BCUT2D eigenvalue weighted by Gasteiger charge is -2.27. The highest BCUT2D eigenvalue weighted by Crippen LogP contribution is 2.43. The molecule has 0 aliphatic heterocycles. The predicted octanol–water partition coefficient (Wildman–Crippen LogP) is 15.4. The molecular weight excluding hydrogens is 808 g/mol. The molecule has 1 amide bonds. The molecule has 10 heteroatoms. The molecule has 0 aromatic carbocycles.